The van der Waals surface area contributed by atoms with Gasteiger partial charge in [-0.05, 0) is 37.2 Å². The molecule has 138 valence electrons. The molecule has 1 aromatic heterocycles. The predicted molar refractivity (Wildman–Crippen MR) is 99.3 cm³/mol. The van der Waals surface area contributed by atoms with E-state index in [9.17, 15) is 9.59 Å². The van der Waals surface area contributed by atoms with Crippen LogP contribution in [0.2, 0.25) is 0 Å². The van der Waals surface area contributed by atoms with Gasteiger partial charge in [0.1, 0.15) is 5.82 Å². The van der Waals surface area contributed by atoms with Crippen LogP contribution in [0.5, 0.6) is 0 Å². The highest BCUT2D eigenvalue weighted by atomic mass is 16.2. The van der Waals surface area contributed by atoms with Gasteiger partial charge in [0.05, 0.1) is 6.54 Å². The number of piperazine rings is 1. The molecule has 3 aliphatic carbocycles. The topological polar surface area (TPSA) is 66.4 Å². The summed E-state index contributed by atoms with van der Waals surface area (Å²) >= 11 is 0. The molecule has 27 heavy (non-hydrogen) atoms. The summed E-state index contributed by atoms with van der Waals surface area (Å²) in [5, 5.41) is 0. The number of nitrogens with zero attached hydrogens (tertiary/aromatic N) is 4. The van der Waals surface area contributed by atoms with Crippen LogP contribution in [0.3, 0.4) is 0 Å². The minimum Gasteiger partial charge on any atom is -0.327 e. The lowest BCUT2D eigenvalue weighted by atomic mass is 9.75. The Bertz CT molecular complexity index is 869. The lowest BCUT2D eigenvalue weighted by molar-refractivity contribution is -0.163. The van der Waals surface area contributed by atoms with Crippen molar-refractivity contribution in [2.24, 2.45) is 5.92 Å². The summed E-state index contributed by atoms with van der Waals surface area (Å²) < 4.78 is 0. The lowest BCUT2D eigenvalue weighted by Gasteiger charge is -2.50. The highest BCUT2D eigenvalue weighted by Crippen LogP contribution is 2.55. The van der Waals surface area contributed by atoms with Crippen LogP contribution in [0, 0.1) is 5.92 Å². The van der Waals surface area contributed by atoms with Crippen molar-refractivity contribution in [3.05, 3.63) is 48.5 Å². The van der Waals surface area contributed by atoms with Gasteiger partial charge >= 0.3 is 11.8 Å². The number of hydrogen-bond acceptors (Lipinski definition) is 4. The Hall–Kier alpha value is -2.76. The minimum atomic E-state index is -0.415. The summed E-state index contributed by atoms with van der Waals surface area (Å²) in [6.45, 7) is 1.46. The van der Waals surface area contributed by atoms with Crippen LogP contribution in [0.1, 0.15) is 31.5 Å². The van der Waals surface area contributed by atoms with Gasteiger partial charge in [0.2, 0.25) is 0 Å². The van der Waals surface area contributed by atoms with Gasteiger partial charge in [-0.3, -0.25) is 9.59 Å². The fourth-order valence-corrected chi connectivity index (χ4v) is 4.92. The number of fused-ring (bicyclic) bond motifs is 1. The van der Waals surface area contributed by atoms with Gasteiger partial charge in [0.15, 0.2) is 0 Å². The maximum absolute atomic E-state index is 12.7. The average molecular weight is 362 g/mol. The zero-order chi connectivity index (χ0) is 18.4. The fraction of sp³-hybridized carbons (Fsp3) is 0.429. The zero-order valence-corrected chi connectivity index (χ0v) is 15.2. The monoisotopic (exact) mass is 362 g/mol. The van der Waals surface area contributed by atoms with E-state index in [1.807, 2.05) is 35.2 Å². The van der Waals surface area contributed by atoms with Crippen molar-refractivity contribution in [1.82, 2.24) is 19.8 Å². The minimum absolute atomic E-state index is 0.0165. The Kier molecular flexibility index (Phi) is 3.74. The third-order valence-corrected chi connectivity index (χ3v) is 6.38. The molecule has 3 saturated carbocycles. The fourth-order valence-electron chi connectivity index (χ4n) is 4.92. The Morgan fingerprint density at radius 2 is 1.70 bits per heavy atom. The highest BCUT2D eigenvalue weighted by Gasteiger charge is 2.57. The Morgan fingerprint density at radius 1 is 0.963 bits per heavy atom. The normalized spacial score (nSPS) is 27.0. The van der Waals surface area contributed by atoms with E-state index < -0.39 is 5.91 Å². The summed E-state index contributed by atoms with van der Waals surface area (Å²) in [5.41, 5.74) is 1.97. The van der Waals surface area contributed by atoms with E-state index in [2.05, 4.69) is 9.97 Å². The molecule has 4 fully saturated rings. The highest BCUT2D eigenvalue weighted by molar-refractivity contribution is 6.35. The van der Waals surface area contributed by atoms with Crippen LogP contribution in [0.15, 0.2) is 42.7 Å². The lowest BCUT2D eigenvalue weighted by Crippen LogP contribution is -2.63. The number of hydrogen-bond donors (Lipinski definition) is 0. The quantitative estimate of drug-likeness (QED) is 0.783. The van der Waals surface area contributed by atoms with Gasteiger partial charge in [-0.2, -0.15) is 0 Å². The molecule has 6 heteroatoms. The van der Waals surface area contributed by atoms with E-state index >= 15 is 0 Å². The van der Waals surface area contributed by atoms with E-state index in [4.69, 9.17) is 0 Å². The number of carbonyl (C=O) groups is 2. The molecule has 0 radical (unpaired) electrons. The van der Waals surface area contributed by atoms with Crippen molar-refractivity contribution >= 4 is 11.8 Å². The van der Waals surface area contributed by atoms with E-state index in [0.717, 1.165) is 36.3 Å². The smallest absolute Gasteiger partial charge is 0.312 e. The van der Waals surface area contributed by atoms with Gasteiger partial charge in [-0.25, -0.2) is 9.97 Å². The number of aromatic nitrogens is 2. The number of carbonyl (C=O) groups excluding carboxylic acids is 2. The van der Waals surface area contributed by atoms with Crippen molar-refractivity contribution < 1.29 is 9.59 Å². The molecule has 0 atom stereocenters. The number of amides is 2. The van der Waals surface area contributed by atoms with Gasteiger partial charge in [-0.1, -0.05) is 30.3 Å². The van der Waals surface area contributed by atoms with Gasteiger partial charge < -0.3 is 9.80 Å². The van der Waals surface area contributed by atoms with Crippen molar-refractivity contribution in [2.45, 2.75) is 37.8 Å². The van der Waals surface area contributed by atoms with Crippen molar-refractivity contribution in [3.8, 4) is 11.1 Å². The molecular weight excluding hydrogens is 340 g/mol. The standard InChI is InChI=1S/C21H22N4O2/c26-19-20(27)25(21-7-6-15(10-21)11-21)9-8-24(19)14-18-22-12-17(13-23-18)16-4-2-1-3-5-16/h1-5,12-13,15H,6-11,14H2. The maximum atomic E-state index is 12.7. The second-order valence-corrected chi connectivity index (χ2v) is 7.97. The first-order valence-corrected chi connectivity index (χ1v) is 9.62. The van der Waals surface area contributed by atoms with Crippen LogP contribution < -0.4 is 0 Å². The van der Waals surface area contributed by atoms with E-state index in [-0.39, 0.29) is 18.0 Å². The first kappa shape index (κ1) is 16.4. The molecule has 0 N–H and O–H groups in total. The van der Waals surface area contributed by atoms with Crippen molar-refractivity contribution in [1.29, 1.82) is 0 Å². The van der Waals surface area contributed by atoms with Crippen LogP contribution >= 0.6 is 0 Å². The maximum Gasteiger partial charge on any atom is 0.312 e. The summed E-state index contributed by atoms with van der Waals surface area (Å²) in [6, 6.07) is 9.93. The largest absolute Gasteiger partial charge is 0.327 e. The van der Waals surface area contributed by atoms with E-state index in [1.54, 1.807) is 17.3 Å². The molecule has 0 unspecified atom stereocenters. The van der Waals surface area contributed by atoms with Crippen molar-refractivity contribution in [3.63, 3.8) is 0 Å². The Balaban J connectivity index is 1.26. The molecule has 1 aliphatic heterocycles. The van der Waals surface area contributed by atoms with Crippen LogP contribution in [-0.4, -0.2) is 50.2 Å². The number of benzene rings is 1. The van der Waals surface area contributed by atoms with Crippen LogP contribution in [0.25, 0.3) is 11.1 Å². The van der Waals surface area contributed by atoms with Crippen LogP contribution in [0.4, 0.5) is 0 Å². The molecule has 2 aromatic rings. The van der Waals surface area contributed by atoms with Crippen molar-refractivity contribution in [2.75, 3.05) is 13.1 Å². The van der Waals surface area contributed by atoms with Gasteiger partial charge in [0.25, 0.3) is 0 Å². The van der Waals surface area contributed by atoms with Crippen LogP contribution in [-0.2, 0) is 16.1 Å². The Labute approximate surface area is 158 Å². The first-order valence-electron chi connectivity index (χ1n) is 9.62. The summed E-state index contributed by atoms with van der Waals surface area (Å²) in [4.78, 5) is 37.5. The van der Waals surface area contributed by atoms with Gasteiger partial charge in [-0.15, -0.1) is 0 Å². The molecule has 6 nitrogen and oxygen atoms in total. The molecule has 6 rings (SSSR count). The molecule has 1 saturated heterocycles. The zero-order valence-electron chi connectivity index (χ0n) is 15.2. The Morgan fingerprint density at radius 3 is 2.37 bits per heavy atom. The molecule has 2 bridgehead atoms. The second kappa shape index (κ2) is 6.15. The molecule has 0 spiro atoms. The van der Waals surface area contributed by atoms with Gasteiger partial charge in [0, 0.05) is 36.6 Å². The third-order valence-electron chi connectivity index (χ3n) is 6.38. The number of rotatable bonds is 4. The molecule has 2 heterocycles. The first-order chi connectivity index (χ1) is 13.1. The second-order valence-electron chi connectivity index (χ2n) is 7.97. The molecule has 1 aromatic carbocycles. The summed E-state index contributed by atoms with van der Waals surface area (Å²) in [7, 11) is 0. The summed E-state index contributed by atoms with van der Waals surface area (Å²) in [6.07, 6.45) is 7.95. The molecule has 2 amide bonds. The van der Waals surface area contributed by atoms with E-state index in [0.29, 0.717) is 18.9 Å². The third kappa shape index (κ3) is 2.71. The predicted octanol–water partition coefficient (Wildman–Crippen LogP) is 2.26. The van der Waals surface area contributed by atoms with E-state index in [1.165, 1.54) is 6.42 Å². The molecular formula is C21H22N4O2. The average Bonchev–Trinajstić information content (AvgIpc) is 3.29. The summed E-state index contributed by atoms with van der Waals surface area (Å²) in [5.74, 6) is 0.568. The SMILES string of the molecule is O=C1C(=O)N(C23CCC(C2)C3)CCN1Cc1ncc(-c2ccccc2)cn1. The molecule has 4 aliphatic rings.